The number of hydrogen-bond donors (Lipinski definition) is 1. The van der Waals surface area contributed by atoms with Gasteiger partial charge in [0.2, 0.25) is 5.16 Å². The molecule has 0 bridgehead atoms. The van der Waals surface area contributed by atoms with Gasteiger partial charge in [0.05, 0.1) is 18.2 Å². The molecular formula is C18H17N5O3S. The number of aromatic nitrogens is 4. The van der Waals surface area contributed by atoms with Gasteiger partial charge in [-0.2, -0.15) is 0 Å². The lowest BCUT2D eigenvalue weighted by Crippen LogP contribution is -2.16. The Hall–Kier alpha value is -3.20. The van der Waals surface area contributed by atoms with E-state index in [-0.39, 0.29) is 5.76 Å². The van der Waals surface area contributed by atoms with Crippen LogP contribution in [0, 0.1) is 0 Å². The second-order valence-electron chi connectivity index (χ2n) is 5.71. The van der Waals surface area contributed by atoms with Gasteiger partial charge in [0.15, 0.2) is 11.4 Å². The van der Waals surface area contributed by atoms with E-state index in [1.807, 2.05) is 42.5 Å². The molecule has 2 N–H and O–H groups in total. The summed E-state index contributed by atoms with van der Waals surface area (Å²) in [6.45, 7) is 0.470. The van der Waals surface area contributed by atoms with Crippen molar-refractivity contribution in [3.63, 3.8) is 0 Å². The molecule has 0 unspecified atom stereocenters. The van der Waals surface area contributed by atoms with Crippen LogP contribution < -0.4 is 16.3 Å². The van der Waals surface area contributed by atoms with Crippen molar-refractivity contribution in [2.45, 2.75) is 11.7 Å². The fourth-order valence-corrected chi connectivity index (χ4v) is 3.62. The fourth-order valence-electron chi connectivity index (χ4n) is 2.84. The van der Waals surface area contributed by atoms with Crippen LogP contribution in [0.3, 0.4) is 0 Å². The number of thioether (sulfide) groups is 1. The summed E-state index contributed by atoms with van der Waals surface area (Å²) in [5, 5.41) is 8.89. The van der Waals surface area contributed by atoms with Gasteiger partial charge in [0.1, 0.15) is 5.75 Å². The van der Waals surface area contributed by atoms with Gasteiger partial charge < -0.3 is 15.0 Å². The number of rotatable bonds is 6. The predicted molar refractivity (Wildman–Crippen MR) is 103 cm³/mol. The highest BCUT2D eigenvalue weighted by molar-refractivity contribution is 7.99. The highest BCUT2D eigenvalue weighted by Crippen LogP contribution is 2.29. The lowest BCUT2D eigenvalue weighted by atomic mass is 10.2. The number of aryl methyl sites for hydroxylation is 1. The molecule has 0 spiro atoms. The Morgan fingerprint density at radius 2 is 1.93 bits per heavy atom. The molecule has 27 heavy (non-hydrogen) atoms. The summed E-state index contributed by atoms with van der Waals surface area (Å²) in [7, 11) is 1.60. The first-order valence-corrected chi connectivity index (χ1v) is 9.22. The van der Waals surface area contributed by atoms with Gasteiger partial charge in [0.25, 0.3) is 0 Å². The smallest absolute Gasteiger partial charge is 0.419 e. The van der Waals surface area contributed by atoms with Gasteiger partial charge in [-0.25, -0.2) is 9.47 Å². The zero-order valence-electron chi connectivity index (χ0n) is 14.5. The minimum absolute atomic E-state index is 0.374. The van der Waals surface area contributed by atoms with Gasteiger partial charge in [-0.3, -0.25) is 4.57 Å². The van der Waals surface area contributed by atoms with Crippen LogP contribution in [0.1, 0.15) is 0 Å². The van der Waals surface area contributed by atoms with Crippen LogP contribution in [0.25, 0.3) is 22.5 Å². The van der Waals surface area contributed by atoms with E-state index in [0.29, 0.717) is 34.6 Å². The summed E-state index contributed by atoms with van der Waals surface area (Å²) in [5.41, 5.74) is 2.11. The number of para-hydroxylation sites is 3. The zero-order valence-corrected chi connectivity index (χ0v) is 15.3. The molecule has 9 heteroatoms. The highest BCUT2D eigenvalue weighted by Gasteiger charge is 2.16. The summed E-state index contributed by atoms with van der Waals surface area (Å²) in [4.78, 5) is 12.0. The van der Waals surface area contributed by atoms with Crippen molar-refractivity contribution < 1.29 is 9.15 Å². The topological polar surface area (TPSA) is 101 Å². The average molecular weight is 383 g/mol. The molecule has 0 radical (unpaired) electrons. The van der Waals surface area contributed by atoms with Gasteiger partial charge in [-0.15, -0.1) is 10.2 Å². The first-order chi connectivity index (χ1) is 13.2. The number of methoxy groups -OCH3 is 1. The van der Waals surface area contributed by atoms with Crippen LogP contribution in [0.4, 0.5) is 0 Å². The number of oxazole rings is 1. The van der Waals surface area contributed by atoms with E-state index < -0.39 is 0 Å². The third-order valence-electron chi connectivity index (χ3n) is 4.13. The van der Waals surface area contributed by atoms with Crippen molar-refractivity contribution >= 4 is 22.9 Å². The number of nitrogens with zero attached hydrogens (tertiary/aromatic N) is 4. The monoisotopic (exact) mass is 383 g/mol. The van der Waals surface area contributed by atoms with E-state index in [2.05, 4.69) is 10.2 Å². The summed E-state index contributed by atoms with van der Waals surface area (Å²) in [6.07, 6.45) is 0. The SMILES string of the molecule is COc1ccccc1-c1nnc(SCCn2c(=O)oc3ccccc32)n1N. The maximum Gasteiger partial charge on any atom is 0.419 e. The molecule has 4 rings (SSSR count). The Balaban J connectivity index is 1.52. The van der Waals surface area contributed by atoms with Crippen LogP contribution >= 0.6 is 11.8 Å². The summed E-state index contributed by atoms with van der Waals surface area (Å²) in [5.74, 6) is 7.57. The Morgan fingerprint density at radius 1 is 1.15 bits per heavy atom. The van der Waals surface area contributed by atoms with Crippen LogP contribution in [-0.4, -0.2) is 32.3 Å². The average Bonchev–Trinajstić information content (AvgIpc) is 3.21. The molecule has 0 amide bonds. The molecule has 4 aromatic rings. The van der Waals surface area contributed by atoms with Gasteiger partial charge in [0, 0.05) is 12.3 Å². The zero-order chi connectivity index (χ0) is 18.8. The molecule has 138 valence electrons. The molecule has 0 saturated carbocycles. The third-order valence-corrected chi connectivity index (χ3v) is 5.06. The van der Waals surface area contributed by atoms with E-state index in [1.54, 1.807) is 17.7 Å². The van der Waals surface area contributed by atoms with Gasteiger partial charge in [-0.1, -0.05) is 36.0 Å². The van der Waals surface area contributed by atoms with Crippen molar-refractivity contribution in [3.05, 3.63) is 59.1 Å². The van der Waals surface area contributed by atoms with Crippen LogP contribution in [0.2, 0.25) is 0 Å². The fraction of sp³-hybridized carbons (Fsp3) is 0.167. The lowest BCUT2D eigenvalue weighted by molar-refractivity contribution is 0.416. The predicted octanol–water partition coefficient (Wildman–Crippen LogP) is 2.37. The highest BCUT2D eigenvalue weighted by atomic mass is 32.2. The maximum atomic E-state index is 12.0. The molecule has 2 aromatic carbocycles. The van der Waals surface area contributed by atoms with E-state index in [4.69, 9.17) is 15.0 Å². The van der Waals surface area contributed by atoms with E-state index >= 15 is 0 Å². The van der Waals surface area contributed by atoms with E-state index in [9.17, 15) is 4.79 Å². The summed E-state index contributed by atoms with van der Waals surface area (Å²) >= 11 is 1.41. The third kappa shape index (κ3) is 3.17. The molecule has 0 aliphatic heterocycles. The summed E-state index contributed by atoms with van der Waals surface area (Å²) < 4.78 is 13.6. The standard InChI is InChI=1S/C18H17N5O3S/c1-25-14-8-4-2-6-12(14)16-20-21-17(23(16)19)27-11-10-22-13-7-3-5-9-15(13)26-18(22)24/h2-9H,10-11,19H2,1H3. The Kier molecular flexibility index (Phi) is 4.59. The molecule has 0 aliphatic rings. The number of hydrogen-bond acceptors (Lipinski definition) is 7. The molecule has 0 atom stereocenters. The van der Waals surface area contributed by atoms with E-state index in [0.717, 1.165) is 11.1 Å². The lowest BCUT2D eigenvalue weighted by Gasteiger charge is -2.08. The van der Waals surface area contributed by atoms with E-state index in [1.165, 1.54) is 16.4 Å². The van der Waals surface area contributed by atoms with Crippen molar-refractivity contribution in [2.75, 3.05) is 18.7 Å². The van der Waals surface area contributed by atoms with Gasteiger partial charge >= 0.3 is 5.76 Å². The van der Waals surface area contributed by atoms with Gasteiger partial charge in [-0.05, 0) is 24.3 Å². The van der Waals surface area contributed by atoms with Crippen LogP contribution in [0.15, 0.2) is 62.9 Å². The van der Waals surface area contributed by atoms with Crippen molar-refractivity contribution in [1.29, 1.82) is 0 Å². The second-order valence-corrected chi connectivity index (χ2v) is 6.77. The molecule has 0 aliphatic carbocycles. The minimum Gasteiger partial charge on any atom is -0.496 e. The number of nitrogens with two attached hydrogens (primary N) is 1. The minimum atomic E-state index is -0.374. The normalized spacial score (nSPS) is 11.1. The summed E-state index contributed by atoms with van der Waals surface area (Å²) in [6, 6.07) is 14.8. The van der Waals surface area contributed by atoms with Crippen LogP contribution in [-0.2, 0) is 6.54 Å². The Bertz CT molecular complexity index is 1150. The molecule has 0 saturated heterocycles. The van der Waals surface area contributed by atoms with Crippen molar-refractivity contribution in [2.24, 2.45) is 0 Å². The van der Waals surface area contributed by atoms with Crippen molar-refractivity contribution in [3.8, 4) is 17.1 Å². The quantitative estimate of drug-likeness (QED) is 0.403. The Morgan fingerprint density at radius 3 is 2.78 bits per heavy atom. The van der Waals surface area contributed by atoms with Crippen molar-refractivity contribution in [1.82, 2.24) is 19.4 Å². The second kappa shape index (κ2) is 7.20. The molecule has 2 aromatic heterocycles. The number of ether oxygens (including phenoxy) is 1. The Labute approximate surface area is 158 Å². The molecule has 2 heterocycles. The molecule has 8 nitrogen and oxygen atoms in total. The molecule has 0 fully saturated rings. The first kappa shape index (κ1) is 17.2. The maximum absolute atomic E-state index is 12.0. The first-order valence-electron chi connectivity index (χ1n) is 8.24. The largest absolute Gasteiger partial charge is 0.496 e. The molecular weight excluding hydrogens is 366 g/mol. The number of nitrogen functional groups attached to an aromatic ring is 1. The van der Waals surface area contributed by atoms with Crippen LogP contribution in [0.5, 0.6) is 5.75 Å². The number of benzene rings is 2. The number of fused-ring (bicyclic) bond motifs is 1.